The van der Waals surface area contributed by atoms with Crippen molar-refractivity contribution < 1.29 is 14.2 Å². The van der Waals surface area contributed by atoms with Gasteiger partial charge in [-0.05, 0) is 11.6 Å². The Bertz CT molecular complexity index is 323. The minimum absolute atomic E-state index is 0.116. The Kier molecular flexibility index (Phi) is 6.49. The molecule has 0 aromatic carbocycles. The highest BCUT2D eigenvalue weighted by atomic mass is 16.5. The van der Waals surface area contributed by atoms with Crippen molar-refractivity contribution in [2.45, 2.75) is 6.04 Å². The molecule has 0 amide bonds. The van der Waals surface area contributed by atoms with Crippen LogP contribution in [0.4, 0.5) is 0 Å². The van der Waals surface area contributed by atoms with Gasteiger partial charge in [-0.2, -0.15) is 0 Å². The van der Waals surface area contributed by atoms with Crippen LogP contribution in [0.5, 0.6) is 5.75 Å². The highest BCUT2D eigenvalue weighted by Crippen LogP contribution is 2.17. The molecule has 0 bridgehead atoms. The smallest absolute Gasteiger partial charge is 0.137 e. The molecule has 0 saturated heterocycles. The van der Waals surface area contributed by atoms with Gasteiger partial charge in [-0.15, -0.1) is 0 Å². The zero-order valence-electron chi connectivity index (χ0n) is 10.2. The summed E-state index contributed by atoms with van der Waals surface area (Å²) >= 11 is 0. The van der Waals surface area contributed by atoms with E-state index < -0.39 is 0 Å². The van der Waals surface area contributed by atoms with Crippen LogP contribution in [0.25, 0.3) is 0 Å². The summed E-state index contributed by atoms with van der Waals surface area (Å²) in [5.74, 6) is 6.18. The SMILES string of the molecule is COCCOCC(NN)c1cncc(OC)c1. The van der Waals surface area contributed by atoms with Crippen LogP contribution >= 0.6 is 0 Å². The van der Waals surface area contributed by atoms with Gasteiger partial charge in [0.1, 0.15) is 5.75 Å². The molecule has 1 aromatic heterocycles. The first-order valence-electron chi connectivity index (χ1n) is 5.33. The van der Waals surface area contributed by atoms with Crippen LogP contribution in [0.2, 0.25) is 0 Å². The second-order valence-electron chi connectivity index (χ2n) is 3.45. The maximum absolute atomic E-state index is 5.48. The Balaban J connectivity index is 2.53. The van der Waals surface area contributed by atoms with Gasteiger partial charge in [0, 0.05) is 13.3 Å². The third-order valence-corrected chi connectivity index (χ3v) is 2.29. The maximum atomic E-state index is 5.48. The van der Waals surface area contributed by atoms with Crippen LogP contribution in [-0.2, 0) is 9.47 Å². The van der Waals surface area contributed by atoms with Gasteiger partial charge < -0.3 is 14.2 Å². The van der Waals surface area contributed by atoms with Crippen LogP contribution in [0.3, 0.4) is 0 Å². The first kappa shape index (κ1) is 13.9. The number of hydrazine groups is 1. The molecular formula is C11H19N3O3. The molecule has 0 saturated carbocycles. The van der Waals surface area contributed by atoms with E-state index in [0.717, 1.165) is 5.56 Å². The molecule has 0 fully saturated rings. The molecule has 6 nitrogen and oxygen atoms in total. The molecule has 0 aliphatic carbocycles. The molecule has 17 heavy (non-hydrogen) atoms. The van der Waals surface area contributed by atoms with E-state index in [2.05, 4.69) is 10.4 Å². The van der Waals surface area contributed by atoms with E-state index in [9.17, 15) is 0 Å². The zero-order chi connectivity index (χ0) is 12.5. The molecule has 0 radical (unpaired) electrons. The van der Waals surface area contributed by atoms with Crippen molar-refractivity contribution in [2.75, 3.05) is 34.0 Å². The minimum atomic E-state index is -0.116. The summed E-state index contributed by atoms with van der Waals surface area (Å²) in [7, 11) is 3.23. The Morgan fingerprint density at radius 1 is 1.35 bits per heavy atom. The molecule has 1 unspecified atom stereocenters. The molecule has 0 aliphatic rings. The van der Waals surface area contributed by atoms with Gasteiger partial charge in [-0.3, -0.25) is 16.3 Å². The van der Waals surface area contributed by atoms with Crippen LogP contribution in [-0.4, -0.2) is 39.0 Å². The molecule has 3 N–H and O–H groups in total. The standard InChI is InChI=1S/C11H19N3O3/c1-15-3-4-17-8-11(14-12)9-5-10(16-2)7-13-6-9/h5-7,11,14H,3-4,8,12H2,1-2H3. The number of nitrogens with two attached hydrogens (primary N) is 1. The lowest BCUT2D eigenvalue weighted by molar-refractivity contribution is 0.0585. The molecule has 0 spiro atoms. The number of aromatic nitrogens is 1. The topological polar surface area (TPSA) is 78.6 Å². The fourth-order valence-electron chi connectivity index (χ4n) is 1.32. The highest BCUT2D eigenvalue weighted by Gasteiger charge is 2.11. The number of hydrogen-bond donors (Lipinski definition) is 2. The third kappa shape index (κ3) is 4.66. The summed E-state index contributed by atoms with van der Waals surface area (Å²) in [5.41, 5.74) is 3.61. The second-order valence-corrected chi connectivity index (χ2v) is 3.45. The maximum Gasteiger partial charge on any atom is 0.137 e. The molecule has 1 aromatic rings. The zero-order valence-corrected chi connectivity index (χ0v) is 10.2. The molecular weight excluding hydrogens is 222 g/mol. The van der Waals surface area contributed by atoms with Crippen molar-refractivity contribution in [2.24, 2.45) is 5.84 Å². The number of pyridine rings is 1. The number of nitrogens with one attached hydrogen (secondary N) is 1. The average molecular weight is 241 g/mol. The van der Waals surface area contributed by atoms with Gasteiger partial charge in [-0.25, -0.2) is 0 Å². The Morgan fingerprint density at radius 3 is 2.82 bits per heavy atom. The molecule has 1 atom stereocenters. The van der Waals surface area contributed by atoms with Crippen LogP contribution in [0.15, 0.2) is 18.5 Å². The quantitative estimate of drug-likeness (QED) is 0.386. The summed E-state index contributed by atoms with van der Waals surface area (Å²) in [6, 6.07) is 1.76. The number of hydrogen-bond acceptors (Lipinski definition) is 6. The summed E-state index contributed by atoms with van der Waals surface area (Å²) in [5, 5.41) is 0. The van der Waals surface area contributed by atoms with E-state index in [4.69, 9.17) is 20.1 Å². The Morgan fingerprint density at radius 2 is 2.18 bits per heavy atom. The van der Waals surface area contributed by atoms with Crippen molar-refractivity contribution in [3.05, 3.63) is 24.0 Å². The lowest BCUT2D eigenvalue weighted by atomic mass is 10.1. The fraction of sp³-hybridized carbons (Fsp3) is 0.545. The first-order chi connectivity index (χ1) is 8.31. The average Bonchev–Trinajstić information content (AvgIpc) is 2.39. The van der Waals surface area contributed by atoms with Gasteiger partial charge in [0.2, 0.25) is 0 Å². The monoisotopic (exact) mass is 241 g/mol. The van der Waals surface area contributed by atoms with Gasteiger partial charge in [-0.1, -0.05) is 0 Å². The molecule has 96 valence electrons. The summed E-state index contributed by atoms with van der Waals surface area (Å²) in [4.78, 5) is 4.07. The van der Waals surface area contributed by atoms with Gasteiger partial charge in [0.15, 0.2) is 0 Å². The van der Waals surface area contributed by atoms with E-state index in [1.165, 1.54) is 0 Å². The van der Waals surface area contributed by atoms with Crippen LogP contribution < -0.4 is 16.0 Å². The highest BCUT2D eigenvalue weighted by molar-refractivity contribution is 5.25. The van der Waals surface area contributed by atoms with E-state index in [-0.39, 0.29) is 6.04 Å². The van der Waals surface area contributed by atoms with E-state index in [1.807, 2.05) is 6.07 Å². The van der Waals surface area contributed by atoms with Crippen molar-refractivity contribution >= 4 is 0 Å². The second kappa shape index (κ2) is 7.97. The van der Waals surface area contributed by atoms with E-state index in [0.29, 0.717) is 25.6 Å². The third-order valence-electron chi connectivity index (χ3n) is 2.29. The first-order valence-corrected chi connectivity index (χ1v) is 5.33. The van der Waals surface area contributed by atoms with Crippen molar-refractivity contribution in [1.29, 1.82) is 0 Å². The summed E-state index contributed by atoms with van der Waals surface area (Å²) in [6.07, 6.45) is 3.37. The minimum Gasteiger partial charge on any atom is -0.495 e. The summed E-state index contributed by atoms with van der Waals surface area (Å²) in [6.45, 7) is 1.55. The Hall–Kier alpha value is -1.21. The normalized spacial score (nSPS) is 12.4. The van der Waals surface area contributed by atoms with Crippen molar-refractivity contribution in [1.82, 2.24) is 10.4 Å². The number of rotatable bonds is 8. The predicted octanol–water partition coefficient (Wildman–Crippen LogP) is 0.258. The molecule has 6 heteroatoms. The number of nitrogens with zero attached hydrogens (tertiary/aromatic N) is 1. The van der Waals surface area contributed by atoms with Crippen LogP contribution in [0, 0.1) is 0 Å². The van der Waals surface area contributed by atoms with E-state index in [1.54, 1.807) is 26.6 Å². The number of methoxy groups -OCH3 is 2. The molecule has 1 rings (SSSR count). The van der Waals surface area contributed by atoms with Crippen molar-refractivity contribution in [3.8, 4) is 5.75 Å². The number of ether oxygens (including phenoxy) is 3. The predicted molar refractivity (Wildman–Crippen MR) is 63.5 cm³/mol. The fourth-order valence-corrected chi connectivity index (χ4v) is 1.32. The van der Waals surface area contributed by atoms with E-state index >= 15 is 0 Å². The largest absolute Gasteiger partial charge is 0.495 e. The lowest BCUT2D eigenvalue weighted by Gasteiger charge is -2.16. The molecule has 1 heterocycles. The van der Waals surface area contributed by atoms with Crippen molar-refractivity contribution in [3.63, 3.8) is 0 Å². The lowest BCUT2D eigenvalue weighted by Crippen LogP contribution is -2.31. The van der Waals surface area contributed by atoms with Crippen LogP contribution in [0.1, 0.15) is 11.6 Å². The summed E-state index contributed by atoms with van der Waals surface area (Å²) < 4.78 is 15.4. The Labute approximate surface area is 101 Å². The molecule has 0 aliphatic heterocycles. The van der Waals surface area contributed by atoms with Gasteiger partial charge in [0.05, 0.1) is 39.2 Å². The van der Waals surface area contributed by atoms with Gasteiger partial charge in [0.25, 0.3) is 0 Å². The van der Waals surface area contributed by atoms with Gasteiger partial charge >= 0.3 is 0 Å².